The fourth-order valence-corrected chi connectivity index (χ4v) is 10.8. The van der Waals surface area contributed by atoms with Crippen LogP contribution in [-0.4, -0.2) is 37.2 Å². The number of allylic oxidation sites excluding steroid dienone is 12. The number of rotatable bonds is 67. The lowest BCUT2D eigenvalue weighted by Crippen LogP contribution is -2.30. The molecule has 6 heteroatoms. The standard InChI is InChI=1S/C77H138O6/c1-4-7-10-13-16-19-22-25-28-30-32-34-36-37-38-39-40-42-43-45-47-49-52-55-58-61-64-67-70-76(79)82-73-74(72-81-75(78)69-66-63-60-57-54-51-27-24-21-18-15-12-9-6-3)83-77(80)71-68-65-62-59-56-53-50-48-46-44-41-35-33-31-29-26-23-20-17-14-11-8-5-2/h8,11,17,20,24,26-27,29,33,35,44,46,74H,4-7,9-10,12-16,18-19,21-23,25,28,30-32,34,36-43,45,47-73H2,1-3H3/b11-8-,20-17-,27-24-,29-26-,35-33-,46-44-. The molecule has 0 heterocycles. The second-order valence-corrected chi connectivity index (χ2v) is 24.5. The van der Waals surface area contributed by atoms with Crippen molar-refractivity contribution in [3.8, 4) is 0 Å². The minimum absolute atomic E-state index is 0.0791. The molecule has 1 atom stereocenters. The van der Waals surface area contributed by atoms with Crippen LogP contribution in [0.3, 0.4) is 0 Å². The summed E-state index contributed by atoms with van der Waals surface area (Å²) in [4.78, 5) is 38.5. The van der Waals surface area contributed by atoms with E-state index >= 15 is 0 Å². The van der Waals surface area contributed by atoms with E-state index < -0.39 is 6.10 Å². The monoisotopic (exact) mass is 1160 g/mol. The molecule has 0 aliphatic heterocycles. The van der Waals surface area contributed by atoms with E-state index in [4.69, 9.17) is 14.2 Å². The van der Waals surface area contributed by atoms with Crippen molar-refractivity contribution in [3.63, 3.8) is 0 Å². The predicted molar refractivity (Wildman–Crippen MR) is 362 cm³/mol. The molecular weight excluding hydrogens is 1020 g/mol. The molecular formula is C77H138O6. The highest BCUT2D eigenvalue weighted by Crippen LogP contribution is 2.18. The van der Waals surface area contributed by atoms with Gasteiger partial charge in [-0.3, -0.25) is 14.4 Å². The van der Waals surface area contributed by atoms with E-state index in [1.165, 1.54) is 238 Å². The number of hydrogen-bond acceptors (Lipinski definition) is 6. The van der Waals surface area contributed by atoms with Gasteiger partial charge in [-0.1, -0.05) is 344 Å². The average Bonchev–Trinajstić information content (AvgIpc) is 3.49. The third kappa shape index (κ3) is 69.5. The lowest BCUT2D eigenvalue weighted by atomic mass is 10.0. The summed E-state index contributed by atoms with van der Waals surface area (Å²) in [7, 11) is 0. The fraction of sp³-hybridized carbons (Fsp3) is 0.805. The van der Waals surface area contributed by atoms with Gasteiger partial charge in [-0.05, 0) is 89.9 Å². The molecule has 6 nitrogen and oxygen atoms in total. The van der Waals surface area contributed by atoms with Gasteiger partial charge in [-0.15, -0.1) is 0 Å². The van der Waals surface area contributed by atoms with Gasteiger partial charge in [0.2, 0.25) is 0 Å². The highest BCUT2D eigenvalue weighted by Gasteiger charge is 2.19. The van der Waals surface area contributed by atoms with Gasteiger partial charge in [-0.2, -0.15) is 0 Å². The topological polar surface area (TPSA) is 78.9 Å². The fourth-order valence-electron chi connectivity index (χ4n) is 10.8. The van der Waals surface area contributed by atoms with Crippen molar-refractivity contribution in [1.29, 1.82) is 0 Å². The van der Waals surface area contributed by atoms with Crippen LogP contribution in [0.25, 0.3) is 0 Å². The van der Waals surface area contributed by atoms with Crippen molar-refractivity contribution in [2.75, 3.05) is 13.2 Å². The molecule has 0 saturated carbocycles. The molecule has 0 aromatic heterocycles. The van der Waals surface area contributed by atoms with Crippen molar-refractivity contribution in [1.82, 2.24) is 0 Å². The van der Waals surface area contributed by atoms with Gasteiger partial charge in [0.25, 0.3) is 0 Å². The van der Waals surface area contributed by atoms with E-state index in [9.17, 15) is 14.4 Å². The molecule has 0 aliphatic rings. The first-order valence-corrected chi connectivity index (χ1v) is 36.4. The first-order chi connectivity index (χ1) is 41.0. The van der Waals surface area contributed by atoms with Gasteiger partial charge in [0.1, 0.15) is 13.2 Å². The van der Waals surface area contributed by atoms with Gasteiger partial charge in [0, 0.05) is 19.3 Å². The Morgan fingerprint density at radius 2 is 0.470 bits per heavy atom. The third-order valence-corrected chi connectivity index (χ3v) is 16.2. The molecule has 0 aromatic rings. The highest BCUT2D eigenvalue weighted by molar-refractivity contribution is 5.71. The van der Waals surface area contributed by atoms with Gasteiger partial charge >= 0.3 is 17.9 Å². The number of unbranched alkanes of at least 4 members (excludes halogenated alkanes) is 44. The van der Waals surface area contributed by atoms with E-state index in [0.29, 0.717) is 19.3 Å². The summed E-state index contributed by atoms with van der Waals surface area (Å²) in [5.74, 6) is -0.877. The molecule has 0 radical (unpaired) electrons. The zero-order valence-electron chi connectivity index (χ0n) is 55.5. The number of ether oxygens (including phenoxy) is 3. The Kier molecular flexibility index (Phi) is 68.6. The summed E-state index contributed by atoms with van der Waals surface area (Å²) < 4.78 is 17.0. The van der Waals surface area contributed by atoms with Crippen LogP contribution in [0.1, 0.15) is 380 Å². The van der Waals surface area contributed by atoms with E-state index in [1.807, 2.05) is 0 Å². The SMILES string of the molecule is CC/C=C\C/C=C\C/C=C\C/C=C\C/C=C\CCCCCCCCCC(=O)OC(COC(=O)CCCCCCC/C=C\CCCCCCC)COC(=O)CCCCCCCCCCCCCCCCCCCCCCCCCCCCCC. The number of carbonyl (C=O) groups excluding carboxylic acids is 3. The van der Waals surface area contributed by atoms with Gasteiger partial charge < -0.3 is 14.2 Å². The maximum absolute atomic E-state index is 13.0. The van der Waals surface area contributed by atoms with Crippen LogP contribution >= 0.6 is 0 Å². The number of esters is 3. The van der Waals surface area contributed by atoms with Crippen molar-refractivity contribution < 1.29 is 28.6 Å². The van der Waals surface area contributed by atoms with Gasteiger partial charge in [-0.25, -0.2) is 0 Å². The summed E-state index contributed by atoms with van der Waals surface area (Å²) in [5.41, 5.74) is 0. The minimum Gasteiger partial charge on any atom is -0.462 e. The number of carbonyl (C=O) groups is 3. The summed E-state index contributed by atoms with van der Waals surface area (Å²) in [6.07, 6.45) is 93.7. The van der Waals surface area contributed by atoms with Crippen LogP contribution in [0.2, 0.25) is 0 Å². The highest BCUT2D eigenvalue weighted by atomic mass is 16.6. The molecule has 0 aliphatic carbocycles. The van der Waals surface area contributed by atoms with E-state index in [1.54, 1.807) is 0 Å². The van der Waals surface area contributed by atoms with Crippen molar-refractivity contribution in [2.45, 2.75) is 386 Å². The average molecular weight is 1160 g/mol. The molecule has 0 fully saturated rings. The lowest BCUT2D eigenvalue weighted by Gasteiger charge is -2.18. The molecule has 0 saturated heterocycles. The third-order valence-electron chi connectivity index (χ3n) is 16.2. The van der Waals surface area contributed by atoms with Crippen LogP contribution < -0.4 is 0 Å². The lowest BCUT2D eigenvalue weighted by molar-refractivity contribution is -0.167. The Morgan fingerprint density at radius 3 is 0.747 bits per heavy atom. The van der Waals surface area contributed by atoms with E-state index in [0.717, 1.165) is 103 Å². The quantitative estimate of drug-likeness (QED) is 0.0261. The smallest absolute Gasteiger partial charge is 0.306 e. The van der Waals surface area contributed by atoms with Crippen molar-refractivity contribution >= 4 is 17.9 Å². The minimum atomic E-state index is -0.786. The first kappa shape index (κ1) is 79.8. The Bertz CT molecular complexity index is 1520. The van der Waals surface area contributed by atoms with Crippen LogP contribution in [0, 0.1) is 0 Å². The Morgan fingerprint density at radius 1 is 0.253 bits per heavy atom. The first-order valence-electron chi connectivity index (χ1n) is 36.4. The van der Waals surface area contributed by atoms with Crippen LogP contribution in [0.15, 0.2) is 72.9 Å². The van der Waals surface area contributed by atoms with Crippen LogP contribution in [0.5, 0.6) is 0 Å². The normalized spacial score (nSPS) is 12.5. The zero-order chi connectivity index (χ0) is 59.9. The molecule has 83 heavy (non-hydrogen) atoms. The molecule has 1 unspecified atom stereocenters. The summed E-state index contributed by atoms with van der Waals surface area (Å²) in [6, 6.07) is 0. The van der Waals surface area contributed by atoms with Crippen LogP contribution in [-0.2, 0) is 28.6 Å². The molecule has 482 valence electrons. The second kappa shape index (κ2) is 71.3. The molecule has 0 aromatic carbocycles. The summed E-state index contributed by atoms with van der Waals surface area (Å²) in [6.45, 7) is 6.56. The summed E-state index contributed by atoms with van der Waals surface area (Å²) >= 11 is 0. The Hall–Kier alpha value is -3.15. The molecule has 0 rings (SSSR count). The summed E-state index contributed by atoms with van der Waals surface area (Å²) in [5, 5.41) is 0. The molecule has 0 N–H and O–H groups in total. The maximum Gasteiger partial charge on any atom is 0.306 e. The van der Waals surface area contributed by atoms with Gasteiger partial charge in [0.15, 0.2) is 6.10 Å². The Balaban J connectivity index is 4.26. The van der Waals surface area contributed by atoms with E-state index in [-0.39, 0.29) is 31.1 Å². The number of hydrogen-bond donors (Lipinski definition) is 0. The second-order valence-electron chi connectivity index (χ2n) is 24.5. The maximum atomic E-state index is 13.0. The van der Waals surface area contributed by atoms with Crippen molar-refractivity contribution in [3.05, 3.63) is 72.9 Å². The zero-order valence-corrected chi connectivity index (χ0v) is 55.5. The van der Waals surface area contributed by atoms with Crippen molar-refractivity contribution in [2.24, 2.45) is 0 Å². The largest absolute Gasteiger partial charge is 0.462 e. The molecule has 0 spiro atoms. The Labute approximate surface area is 516 Å². The molecule has 0 amide bonds. The molecule has 0 bridgehead atoms. The van der Waals surface area contributed by atoms with Gasteiger partial charge in [0.05, 0.1) is 0 Å². The van der Waals surface area contributed by atoms with Crippen LogP contribution in [0.4, 0.5) is 0 Å². The predicted octanol–water partition coefficient (Wildman–Crippen LogP) is 25.2. The van der Waals surface area contributed by atoms with E-state index in [2.05, 4.69) is 93.7 Å².